The lowest BCUT2D eigenvalue weighted by Gasteiger charge is -2.34. The van der Waals surface area contributed by atoms with Crippen molar-refractivity contribution in [1.82, 2.24) is 20.1 Å². The maximum absolute atomic E-state index is 12.5. The Morgan fingerprint density at radius 1 is 1.00 bits per heavy atom. The Labute approximate surface area is 166 Å². The van der Waals surface area contributed by atoms with Crippen molar-refractivity contribution in [3.05, 3.63) is 59.1 Å². The molecule has 1 aliphatic rings. The Balaban J connectivity index is 1.28. The van der Waals surface area contributed by atoms with Crippen molar-refractivity contribution in [3.63, 3.8) is 0 Å². The van der Waals surface area contributed by atoms with Crippen molar-refractivity contribution in [2.24, 2.45) is 0 Å². The molecule has 28 heavy (non-hydrogen) atoms. The fourth-order valence-electron chi connectivity index (χ4n) is 3.16. The number of rotatable bonds is 3. The summed E-state index contributed by atoms with van der Waals surface area (Å²) in [5.74, 6) is 0.0423. The van der Waals surface area contributed by atoms with Gasteiger partial charge >= 0.3 is 6.03 Å². The van der Waals surface area contributed by atoms with Gasteiger partial charge in [-0.05, 0) is 36.4 Å². The van der Waals surface area contributed by atoms with E-state index >= 15 is 0 Å². The standard InChI is InChI=1S/C20H20N4O3S/c25-15-7-5-14(6-8-15)19(26)23-9-11-24(12-10-23)20(27)21-13-18-22-16-3-1-2-4-17(16)28-18/h1-8,25H,9-13H2,(H,21,27). The highest BCUT2D eigenvalue weighted by Crippen LogP contribution is 2.21. The number of aromatic nitrogens is 1. The monoisotopic (exact) mass is 396 g/mol. The number of thiazole rings is 1. The zero-order valence-corrected chi connectivity index (χ0v) is 16.0. The summed E-state index contributed by atoms with van der Waals surface area (Å²) < 4.78 is 1.10. The molecule has 1 aromatic heterocycles. The molecule has 1 saturated heterocycles. The lowest BCUT2D eigenvalue weighted by atomic mass is 10.1. The van der Waals surface area contributed by atoms with Crippen LogP contribution in [0.5, 0.6) is 5.75 Å². The van der Waals surface area contributed by atoms with Crippen molar-refractivity contribution in [2.75, 3.05) is 26.2 Å². The van der Waals surface area contributed by atoms with Crippen molar-refractivity contribution in [3.8, 4) is 5.75 Å². The second-order valence-corrected chi connectivity index (χ2v) is 7.68. The number of phenols is 1. The number of urea groups is 1. The number of benzene rings is 2. The normalized spacial score (nSPS) is 14.3. The number of piperazine rings is 1. The molecule has 1 aliphatic heterocycles. The van der Waals surface area contributed by atoms with E-state index in [1.165, 1.54) is 12.1 Å². The molecule has 0 bridgehead atoms. The molecule has 2 heterocycles. The SMILES string of the molecule is O=C(NCc1nc2ccccc2s1)N1CCN(C(=O)c2ccc(O)cc2)CC1. The first-order chi connectivity index (χ1) is 13.6. The molecular weight excluding hydrogens is 376 g/mol. The van der Waals surface area contributed by atoms with E-state index in [4.69, 9.17) is 0 Å². The van der Waals surface area contributed by atoms with Gasteiger partial charge in [0.25, 0.3) is 5.91 Å². The third-order valence-electron chi connectivity index (χ3n) is 4.70. The number of para-hydroxylation sites is 1. The van der Waals surface area contributed by atoms with Gasteiger partial charge in [-0.2, -0.15) is 0 Å². The number of nitrogens with zero attached hydrogens (tertiary/aromatic N) is 3. The molecule has 0 atom stereocenters. The Kier molecular flexibility index (Phi) is 5.12. The maximum Gasteiger partial charge on any atom is 0.317 e. The minimum atomic E-state index is -0.143. The van der Waals surface area contributed by atoms with E-state index in [0.717, 1.165) is 15.2 Å². The Hall–Kier alpha value is -3.13. The van der Waals surface area contributed by atoms with Crippen LogP contribution in [-0.2, 0) is 6.54 Å². The van der Waals surface area contributed by atoms with Crippen molar-refractivity contribution in [1.29, 1.82) is 0 Å². The zero-order valence-electron chi connectivity index (χ0n) is 15.2. The van der Waals surface area contributed by atoms with Gasteiger partial charge in [-0.1, -0.05) is 12.1 Å². The van der Waals surface area contributed by atoms with Gasteiger partial charge in [0.05, 0.1) is 16.8 Å². The molecule has 144 valence electrons. The number of amides is 3. The number of fused-ring (bicyclic) bond motifs is 1. The van der Waals surface area contributed by atoms with Crippen LogP contribution in [0.2, 0.25) is 0 Å². The van der Waals surface area contributed by atoms with Crippen LogP contribution in [0.25, 0.3) is 10.2 Å². The highest BCUT2D eigenvalue weighted by atomic mass is 32.1. The lowest BCUT2D eigenvalue weighted by Crippen LogP contribution is -2.53. The van der Waals surface area contributed by atoms with Gasteiger partial charge in [0, 0.05) is 31.7 Å². The summed E-state index contributed by atoms with van der Waals surface area (Å²) >= 11 is 1.57. The smallest absolute Gasteiger partial charge is 0.317 e. The average molecular weight is 396 g/mol. The first-order valence-corrected chi connectivity index (χ1v) is 9.87. The van der Waals surface area contributed by atoms with E-state index in [2.05, 4.69) is 10.3 Å². The highest BCUT2D eigenvalue weighted by molar-refractivity contribution is 7.18. The van der Waals surface area contributed by atoms with E-state index in [9.17, 15) is 14.7 Å². The quantitative estimate of drug-likeness (QED) is 0.713. The minimum Gasteiger partial charge on any atom is -0.508 e. The van der Waals surface area contributed by atoms with Crippen LogP contribution in [0.15, 0.2) is 48.5 Å². The number of aromatic hydroxyl groups is 1. The lowest BCUT2D eigenvalue weighted by molar-refractivity contribution is 0.0665. The molecule has 0 spiro atoms. The molecule has 7 nitrogen and oxygen atoms in total. The summed E-state index contributed by atoms with van der Waals surface area (Å²) in [5.41, 5.74) is 1.48. The number of carbonyl (C=O) groups excluding carboxylic acids is 2. The van der Waals surface area contributed by atoms with Crippen LogP contribution in [0, 0.1) is 0 Å². The number of hydrogen-bond donors (Lipinski definition) is 2. The van der Waals surface area contributed by atoms with E-state index in [-0.39, 0.29) is 17.7 Å². The summed E-state index contributed by atoms with van der Waals surface area (Å²) in [6, 6.07) is 14.0. The number of nitrogens with one attached hydrogen (secondary N) is 1. The number of phenolic OH excluding ortho intramolecular Hbond substituents is 1. The Morgan fingerprint density at radius 2 is 1.68 bits per heavy atom. The predicted octanol–water partition coefficient (Wildman–Crippen LogP) is 2.67. The topological polar surface area (TPSA) is 85.8 Å². The molecule has 0 radical (unpaired) electrons. The van der Waals surface area contributed by atoms with Gasteiger partial charge in [-0.15, -0.1) is 11.3 Å². The summed E-state index contributed by atoms with van der Waals surface area (Å²) in [6.07, 6.45) is 0. The molecule has 0 saturated carbocycles. The van der Waals surface area contributed by atoms with E-state index in [1.807, 2.05) is 24.3 Å². The number of hydrogen-bond acceptors (Lipinski definition) is 5. The molecule has 3 aromatic rings. The molecule has 2 aromatic carbocycles. The number of carbonyl (C=O) groups is 2. The van der Waals surface area contributed by atoms with Gasteiger partial charge < -0.3 is 20.2 Å². The fourth-order valence-corrected chi connectivity index (χ4v) is 4.06. The van der Waals surface area contributed by atoms with Gasteiger partial charge in [-0.3, -0.25) is 4.79 Å². The van der Waals surface area contributed by atoms with Crippen molar-refractivity contribution >= 4 is 33.5 Å². The molecule has 8 heteroatoms. The summed E-state index contributed by atoms with van der Waals surface area (Å²) in [5, 5.41) is 13.1. The van der Waals surface area contributed by atoms with E-state index in [1.54, 1.807) is 33.3 Å². The van der Waals surface area contributed by atoms with Gasteiger partial charge in [0.1, 0.15) is 10.8 Å². The first-order valence-electron chi connectivity index (χ1n) is 9.06. The van der Waals surface area contributed by atoms with Crippen LogP contribution in [0.3, 0.4) is 0 Å². The largest absolute Gasteiger partial charge is 0.508 e. The summed E-state index contributed by atoms with van der Waals surface area (Å²) in [7, 11) is 0. The van der Waals surface area contributed by atoms with Crippen molar-refractivity contribution in [2.45, 2.75) is 6.54 Å². The second-order valence-electron chi connectivity index (χ2n) is 6.56. The highest BCUT2D eigenvalue weighted by Gasteiger charge is 2.24. The second kappa shape index (κ2) is 7.85. The third kappa shape index (κ3) is 3.91. The summed E-state index contributed by atoms with van der Waals surface area (Å²) in [6.45, 7) is 2.32. The molecular formula is C20H20N4O3S. The molecule has 3 amide bonds. The average Bonchev–Trinajstić information content (AvgIpc) is 3.15. The zero-order chi connectivity index (χ0) is 19.5. The molecule has 1 fully saturated rings. The van der Waals surface area contributed by atoms with Crippen molar-refractivity contribution < 1.29 is 14.7 Å². The molecule has 0 aliphatic carbocycles. The molecule has 4 rings (SSSR count). The first kappa shape index (κ1) is 18.2. The molecule has 0 unspecified atom stereocenters. The van der Waals surface area contributed by atoms with Crippen LogP contribution in [0.1, 0.15) is 15.4 Å². The van der Waals surface area contributed by atoms with Crippen LogP contribution in [-0.4, -0.2) is 58.0 Å². The maximum atomic E-state index is 12.5. The third-order valence-corrected chi connectivity index (χ3v) is 5.73. The van der Waals surface area contributed by atoms with Crippen LogP contribution < -0.4 is 5.32 Å². The van der Waals surface area contributed by atoms with E-state index < -0.39 is 0 Å². The Morgan fingerprint density at radius 3 is 2.39 bits per heavy atom. The fraction of sp³-hybridized carbons (Fsp3) is 0.250. The van der Waals surface area contributed by atoms with Gasteiger partial charge in [0.2, 0.25) is 0 Å². The van der Waals surface area contributed by atoms with Gasteiger partial charge in [-0.25, -0.2) is 9.78 Å². The van der Waals surface area contributed by atoms with Gasteiger partial charge in [0.15, 0.2) is 0 Å². The summed E-state index contributed by atoms with van der Waals surface area (Å²) in [4.78, 5) is 32.9. The predicted molar refractivity (Wildman–Crippen MR) is 107 cm³/mol. The molecule has 2 N–H and O–H groups in total. The van der Waals surface area contributed by atoms with Crippen LogP contribution in [0.4, 0.5) is 4.79 Å². The van der Waals surface area contributed by atoms with Crippen LogP contribution >= 0.6 is 11.3 Å². The minimum absolute atomic E-state index is 0.0884. The Bertz CT molecular complexity index is 961. The van der Waals surface area contributed by atoms with E-state index in [0.29, 0.717) is 38.3 Å².